The number of aliphatic hydroxyl groups excluding tert-OH is 6. The molecule has 38 nitrogen and oxygen atoms in total. The van der Waals surface area contributed by atoms with E-state index in [1.54, 1.807) is 13.8 Å². The highest BCUT2D eigenvalue weighted by molar-refractivity contribution is 6.33. The Balaban J connectivity index is 0.000000227. The van der Waals surface area contributed by atoms with Gasteiger partial charge >= 0.3 is 11.9 Å². The van der Waals surface area contributed by atoms with Gasteiger partial charge in [-0.25, -0.2) is 9.59 Å². The number of aromatic hydroxyl groups is 4. The van der Waals surface area contributed by atoms with Crippen LogP contribution >= 0.6 is 0 Å². The zero-order valence-electron chi connectivity index (χ0n) is 57.3. The lowest BCUT2D eigenvalue weighted by Gasteiger charge is -2.52. The molecule has 572 valence electrons. The minimum Gasteiger partial charge on any atom is -0.507 e. The van der Waals surface area contributed by atoms with Gasteiger partial charge in [-0.15, -0.1) is 0 Å². The molecule has 12 rings (SSSR count). The molecule has 0 unspecified atom stereocenters. The highest BCUT2D eigenvalue weighted by Gasteiger charge is 2.76. The first-order valence-electron chi connectivity index (χ1n) is 32.0. The maximum atomic E-state index is 14.7. The SMILES string of the molecule is C.COC(=O)c1c(C)c([N+](=O)[O-])c2c(c1O)[C@]1(O)C(=O)c3cc4c(c(O)c3C(=O)[C@]1(OC)[C@H](O)C2)C(=O)C=C(N[C@H]1O[C@@H](C)[C@H](OC)[C@@H](O)[C@H]1CO)C4=O.COC(=O)c1c(C)c([N+](=O)[O-])c2c(c1O)[C@]1(O)C(=O)c3cc4c(c(O)c3C(=O)[C@]1(OC)[C@H](O)C2)C(=O)C=C(N[C@H]1O[C@@H](C)[C@H](OC)[C@@H](O)[C@H]1CO)C4=O. The summed E-state index contributed by atoms with van der Waals surface area (Å²) >= 11 is 0. The van der Waals surface area contributed by atoms with E-state index in [1.165, 1.54) is 14.2 Å². The molecular formula is C69H72N4O34. The van der Waals surface area contributed by atoms with E-state index in [-0.39, 0.29) is 7.43 Å². The molecule has 6 aliphatic carbocycles. The van der Waals surface area contributed by atoms with Gasteiger partial charge in [0.1, 0.15) is 58.8 Å². The van der Waals surface area contributed by atoms with Crippen LogP contribution in [0.15, 0.2) is 35.7 Å². The van der Waals surface area contributed by atoms with Crippen LogP contribution in [-0.4, -0.2) is 258 Å². The lowest BCUT2D eigenvalue weighted by Crippen LogP contribution is -2.73. The first-order valence-corrected chi connectivity index (χ1v) is 32.0. The van der Waals surface area contributed by atoms with Crippen molar-refractivity contribution in [1.82, 2.24) is 10.6 Å². The number of esters is 2. The van der Waals surface area contributed by atoms with Crippen molar-refractivity contribution < 1.29 is 157 Å². The zero-order chi connectivity index (χ0) is 78.4. The number of ketones is 8. The average Bonchev–Trinajstić information content (AvgIpc) is 0.671. The van der Waals surface area contributed by atoms with Crippen molar-refractivity contribution in [3.05, 3.63) is 145 Å². The molecule has 2 aliphatic heterocycles. The maximum Gasteiger partial charge on any atom is 0.342 e. The molecule has 0 radical (unpaired) electrons. The molecule has 14 N–H and O–H groups in total. The monoisotopic (exact) mass is 1500 g/mol. The van der Waals surface area contributed by atoms with Gasteiger partial charge in [-0.2, -0.15) is 0 Å². The van der Waals surface area contributed by atoms with E-state index in [4.69, 9.17) is 28.4 Å². The van der Waals surface area contributed by atoms with Gasteiger partial charge in [-0.1, -0.05) is 7.43 Å². The van der Waals surface area contributed by atoms with Crippen molar-refractivity contribution in [2.45, 2.75) is 132 Å². The number of carbonyl (C=O) groups excluding carboxylic acids is 10. The van der Waals surface area contributed by atoms with Crippen molar-refractivity contribution in [2.24, 2.45) is 11.8 Å². The summed E-state index contributed by atoms with van der Waals surface area (Å²) in [5.41, 5.74) is -28.8. The third-order valence-electron chi connectivity index (χ3n) is 21.3. The van der Waals surface area contributed by atoms with E-state index < -0.39 is 324 Å². The number of carbonyl (C=O) groups is 10. The van der Waals surface area contributed by atoms with Crippen LogP contribution in [0.25, 0.3) is 0 Å². The molecule has 0 bridgehead atoms. The molecule has 8 aliphatic rings. The second kappa shape index (κ2) is 27.8. The number of Topliss-reactive ketones (excluding diaryl/α,β-unsaturated/α-hetero) is 6. The average molecular weight is 1500 g/mol. The summed E-state index contributed by atoms with van der Waals surface area (Å²) in [4.78, 5) is 162. The number of rotatable bonds is 14. The minimum atomic E-state index is -3.57. The van der Waals surface area contributed by atoms with Crippen LogP contribution < -0.4 is 10.6 Å². The van der Waals surface area contributed by atoms with E-state index in [2.05, 4.69) is 20.1 Å². The summed E-state index contributed by atoms with van der Waals surface area (Å²) in [6.07, 6.45) is -13.3. The number of nitrogens with one attached hydrogen (secondary N) is 2. The smallest absolute Gasteiger partial charge is 0.342 e. The van der Waals surface area contributed by atoms with Crippen LogP contribution in [0.1, 0.15) is 158 Å². The molecule has 0 aromatic heterocycles. The summed E-state index contributed by atoms with van der Waals surface area (Å²) in [6, 6.07) is 1.42. The summed E-state index contributed by atoms with van der Waals surface area (Å²) < 4.78 is 42.3. The number of hydrogen-bond donors (Lipinski definition) is 14. The molecule has 2 fully saturated rings. The number of hydrogen-bond acceptors (Lipinski definition) is 36. The van der Waals surface area contributed by atoms with Crippen LogP contribution in [0.3, 0.4) is 0 Å². The number of phenolic OH excluding ortho intramolecular Hbond substituents is 4. The van der Waals surface area contributed by atoms with E-state index in [0.717, 1.165) is 54.4 Å². The topological polar surface area (TPSA) is 598 Å². The largest absolute Gasteiger partial charge is 0.507 e. The molecule has 16 atom stereocenters. The Labute approximate surface area is 602 Å². The second-order valence-corrected chi connectivity index (χ2v) is 26.2. The van der Waals surface area contributed by atoms with Gasteiger partial charge in [0.05, 0.1) is 119 Å². The van der Waals surface area contributed by atoms with Crippen molar-refractivity contribution in [3.63, 3.8) is 0 Å². The molecule has 2 heterocycles. The zero-order valence-corrected chi connectivity index (χ0v) is 57.3. The third kappa shape index (κ3) is 10.6. The predicted octanol–water partition coefficient (Wildman–Crippen LogP) is -0.860. The van der Waals surface area contributed by atoms with Gasteiger partial charge in [0.15, 0.2) is 34.0 Å². The Morgan fingerprint density at radius 3 is 1.15 bits per heavy atom. The number of phenols is 4. The Morgan fingerprint density at radius 1 is 0.542 bits per heavy atom. The number of ether oxygens (including phenoxy) is 8. The molecule has 4 aromatic rings. The molecule has 0 saturated carbocycles. The van der Waals surface area contributed by atoms with Crippen molar-refractivity contribution >= 4 is 69.6 Å². The van der Waals surface area contributed by atoms with Crippen LogP contribution in [0, 0.1) is 45.9 Å². The van der Waals surface area contributed by atoms with E-state index in [0.29, 0.717) is 12.1 Å². The fourth-order valence-electron chi connectivity index (χ4n) is 16.4. The van der Waals surface area contributed by atoms with Crippen LogP contribution in [0.2, 0.25) is 0 Å². The molecule has 4 aromatic carbocycles. The van der Waals surface area contributed by atoms with Gasteiger partial charge in [0, 0.05) is 109 Å². The van der Waals surface area contributed by atoms with Gasteiger partial charge in [-0.05, 0) is 39.8 Å². The quantitative estimate of drug-likeness (QED) is 0.0415. The predicted molar refractivity (Wildman–Crippen MR) is 352 cm³/mol. The van der Waals surface area contributed by atoms with E-state index in [1.807, 2.05) is 0 Å². The second-order valence-electron chi connectivity index (χ2n) is 26.2. The highest BCUT2D eigenvalue weighted by atomic mass is 16.6. The standard InChI is InChI=1S/2C34H34N2O17.CH4/c2*1-10-19(32(46)51-4)27(43)22-14(23(10)36(48)49)7-18(39)34(52-5)30(45)21-13(29(44)33(22,34)47)6-12-20(26(21)42)17(38)8-16(24(12)40)35-31-15(9-37)25(41)28(50-3)11(2)53-31;/h2*6,8,11,15,18,25,28,31,35,37,39,41-43,47H,7,9H2,1-5H3;1H4/t2*11-,15+,18+,25-,28-,31-,33-,34+;/m00./s1. The van der Waals surface area contributed by atoms with Crippen molar-refractivity contribution in [2.75, 3.05) is 55.9 Å². The maximum absolute atomic E-state index is 14.7. The van der Waals surface area contributed by atoms with Crippen LogP contribution in [0.5, 0.6) is 23.0 Å². The summed E-state index contributed by atoms with van der Waals surface area (Å²) in [6.45, 7) is 3.95. The number of fused-ring (bicyclic) bond motifs is 10. The van der Waals surface area contributed by atoms with Crippen LogP contribution in [-0.2, 0) is 61.9 Å². The first kappa shape index (κ1) is 79.3. The van der Waals surface area contributed by atoms with Gasteiger partial charge in [0.25, 0.3) is 11.4 Å². The van der Waals surface area contributed by atoms with Crippen molar-refractivity contribution in [1.29, 1.82) is 0 Å². The summed E-state index contributed by atoms with van der Waals surface area (Å²) in [5.74, 6) is -20.2. The highest BCUT2D eigenvalue weighted by Crippen LogP contribution is 2.61. The first-order chi connectivity index (χ1) is 49.8. The molecule has 2 saturated heterocycles. The molecule has 0 amide bonds. The Kier molecular flexibility index (Phi) is 20.6. The lowest BCUT2D eigenvalue weighted by atomic mass is 9.56. The number of nitro groups is 2. The normalized spacial score (nSPS) is 30.2. The number of benzene rings is 4. The number of aliphatic hydroxyl groups is 8. The lowest BCUT2D eigenvalue weighted by molar-refractivity contribution is -0.386. The van der Waals surface area contributed by atoms with Crippen molar-refractivity contribution in [3.8, 4) is 23.0 Å². The Morgan fingerprint density at radius 2 is 0.869 bits per heavy atom. The van der Waals surface area contributed by atoms with Crippen LogP contribution in [0.4, 0.5) is 11.4 Å². The summed E-state index contributed by atoms with van der Waals surface area (Å²) in [7, 11) is 6.00. The molecular weight excluding hydrogens is 1430 g/mol. The number of nitrogens with zero attached hydrogens (tertiary/aromatic N) is 2. The number of allylic oxidation sites excluding steroid dienone is 4. The molecule has 107 heavy (non-hydrogen) atoms. The fourth-order valence-corrected chi connectivity index (χ4v) is 16.4. The Bertz CT molecular complexity index is 4440. The minimum absolute atomic E-state index is 0. The number of methoxy groups -OCH3 is 6. The summed E-state index contributed by atoms with van der Waals surface area (Å²) in [5, 5.41) is 166. The van der Waals surface area contributed by atoms with E-state index >= 15 is 0 Å². The van der Waals surface area contributed by atoms with Gasteiger partial charge in [-0.3, -0.25) is 58.6 Å². The molecule has 0 spiro atoms. The van der Waals surface area contributed by atoms with Gasteiger partial charge < -0.3 is 110 Å². The third-order valence-corrected chi connectivity index (χ3v) is 21.3. The molecule has 38 heteroatoms. The number of nitro benzene ring substituents is 2. The fraction of sp³-hybridized carbons (Fsp3) is 0.449. The Hall–Kier alpha value is -10.3. The van der Waals surface area contributed by atoms with Gasteiger partial charge in [0.2, 0.25) is 34.7 Å². The van der Waals surface area contributed by atoms with E-state index in [9.17, 15) is 129 Å².